The molecule has 0 spiro atoms. The fourth-order valence-corrected chi connectivity index (χ4v) is 3.64. The smallest absolute Gasteiger partial charge is 0.257 e. The molecule has 0 saturated carbocycles. The number of fused-ring (bicyclic) bond motifs is 1. The van der Waals surface area contributed by atoms with E-state index in [0.717, 1.165) is 25.1 Å². The minimum Gasteiger partial charge on any atom is -0.859 e. The first-order valence-electron chi connectivity index (χ1n) is 9.22. The van der Waals surface area contributed by atoms with Crippen molar-refractivity contribution in [3.63, 3.8) is 0 Å². The third-order valence-electron chi connectivity index (χ3n) is 4.98. The van der Waals surface area contributed by atoms with Crippen molar-refractivity contribution in [1.29, 1.82) is 0 Å². The molecular weight excluding hydrogens is 374 g/mol. The van der Waals surface area contributed by atoms with Crippen molar-refractivity contribution in [3.8, 4) is 17.0 Å². The molecule has 1 aliphatic heterocycles. The van der Waals surface area contributed by atoms with Gasteiger partial charge in [-0.3, -0.25) is 4.99 Å². The maximum Gasteiger partial charge on any atom is 0.257 e. The molecule has 3 aromatic rings. The summed E-state index contributed by atoms with van der Waals surface area (Å²) in [7, 11) is 1.59. The van der Waals surface area contributed by atoms with Crippen LogP contribution in [0.4, 0.5) is 5.69 Å². The van der Waals surface area contributed by atoms with Crippen molar-refractivity contribution in [2.45, 2.75) is 32.9 Å². The van der Waals surface area contributed by atoms with Gasteiger partial charge in [-0.2, -0.15) is 0 Å². The summed E-state index contributed by atoms with van der Waals surface area (Å²) in [6, 6.07) is 15.9. The number of hydrogen-bond acceptors (Lipinski definition) is 3. The van der Waals surface area contributed by atoms with Gasteiger partial charge in [0.25, 0.3) is 5.82 Å². The van der Waals surface area contributed by atoms with Gasteiger partial charge in [-0.1, -0.05) is 42.0 Å². The molecule has 5 nitrogen and oxygen atoms in total. The van der Waals surface area contributed by atoms with E-state index < -0.39 is 0 Å². The highest BCUT2D eigenvalue weighted by Crippen LogP contribution is 2.27. The molecule has 0 radical (unpaired) electrons. The zero-order chi connectivity index (χ0) is 18.8. The van der Waals surface area contributed by atoms with Crippen molar-refractivity contribution in [2.24, 2.45) is 4.99 Å². The van der Waals surface area contributed by atoms with E-state index in [9.17, 15) is 5.11 Å². The molecule has 146 valence electrons. The fourth-order valence-electron chi connectivity index (χ4n) is 3.64. The number of aromatic nitrogens is 2. The van der Waals surface area contributed by atoms with E-state index >= 15 is 0 Å². The van der Waals surface area contributed by atoms with Gasteiger partial charge in [0.15, 0.2) is 5.69 Å². The first kappa shape index (κ1) is 20.0. The normalized spacial score (nSPS) is 13.1. The summed E-state index contributed by atoms with van der Waals surface area (Å²) in [5.74, 6) is 1.62. The van der Waals surface area contributed by atoms with Crippen LogP contribution in [-0.2, 0) is 19.5 Å². The van der Waals surface area contributed by atoms with E-state index in [1.165, 1.54) is 17.0 Å². The Labute approximate surface area is 171 Å². The van der Waals surface area contributed by atoms with Crippen LogP contribution in [0.25, 0.3) is 11.3 Å². The van der Waals surface area contributed by atoms with E-state index in [0.29, 0.717) is 11.4 Å². The number of aliphatic imine (C=N–C) groups is 1. The summed E-state index contributed by atoms with van der Waals surface area (Å²) >= 11 is 0. The summed E-state index contributed by atoms with van der Waals surface area (Å²) in [5, 5.41) is 12.6. The number of rotatable bonds is 5. The summed E-state index contributed by atoms with van der Waals surface area (Å²) in [6.45, 7) is 3.31. The van der Waals surface area contributed by atoms with Crippen molar-refractivity contribution in [3.05, 3.63) is 66.1 Å². The lowest BCUT2D eigenvalue weighted by Crippen LogP contribution is -2.43. The molecule has 0 saturated heterocycles. The van der Waals surface area contributed by atoms with Crippen LogP contribution in [0.15, 0.2) is 59.7 Å². The van der Waals surface area contributed by atoms with Crippen molar-refractivity contribution in [1.82, 2.24) is 4.57 Å². The summed E-state index contributed by atoms with van der Waals surface area (Å²) < 4.78 is 9.65. The highest BCUT2D eigenvalue weighted by atomic mass is 35.5. The lowest BCUT2D eigenvalue weighted by atomic mass is 10.1. The van der Waals surface area contributed by atoms with E-state index in [1.54, 1.807) is 13.2 Å². The van der Waals surface area contributed by atoms with Gasteiger partial charge >= 0.3 is 0 Å². The number of nitrogens with zero attached hydrogens (tertiary/aromatic N) is 3. The average molecular weight is 398 g/mol. The first-order chi connectivity index (χ1) is 13.2. The molecule has 28 heavy (non-hydrogen) atoms. The summed E-state index contributed by atoms with van der Waals surface area (Å²) in [4.78, 5) is 4.25. The van der Waals surface area contributed by atoms with Crippen LogP contribution in [0.1, 0.15) is 17.8 Å². The number of aryl methyl sites for hydroxylation is 1. The molecule has 6 heteroatoms. The molecule has 1 aliphatic rings. The second-order valence-electron chi connectivity index (χ2n) is 6.86. The SMILES string of the molecule is COc1ccccc1N=C([O-])C[n+]1cc(-c2ccc(C)cc2)n2c1CCC2.Cl. The molecule has 0 bridgehead atoms. The largest absolute Gasteiger partial charge is 0.859 e. The van der Waals surface area contributed by atoms with Gasteiger partial charge in [0.05, 0.1) is 20.1 Å². The van der Waals surface area contributed by atoms with E-state index in [-0.39, 0.29) is 24.8 Å². The van der Waals surface area contributed by atoms with Crippen LogP contribution >= 0.6 is 12.4 Å². The Balaban J connectivity index is 0.00000225. The van der Waals surface area contributed by atoms with Crippen LogP contribution in [0.3, 0.4) is 0 Å². The highest BCUT2D eigenvalue weighted by Gasteiger charge is 2.28. The van der Waals surface area contributed by atoms with Crippen LogP contribution in [-0.4, -0.2) is 17.6 Å². The van der Waals surface area contributed by atoms with Crippen LogP contribution in [0, 0.1) is 6.92 Å². The fraction of sp³-hybridized carbons (Fsp3) is 0.273. The zero-order valence-electron chi connectivity index (χ0n) is 16.1. The number of halogens is 1. The molecule has 0 fully saturated rings. The molecule has 0 N–H and O–H groups in total. The minimum atomic E-state index is -0.180. The van der Waals surface area contributed by atoms with Gasteiger partial charge in [0.1, 0.15) is 24.2 Å². The van der Waals surface area contributed by atoms with Crippen LogP contribution in [0.2, 0.25) is 0 Å². The minimum absolute atomic E-state index is 0. The van der Waals surface area contributed by atoms with Gasteiger partial charge < -0.3 is 9.84 Å². The molecule has 2 heterocycles. The zero-order valence-corrected chi connectivity index (χ0v) is 16.9. The second-order valence-corrected chi connectivity index (χ2v) is 6.86. The second kappa shape index (κ2) is 8.48. The molecule has 0 amide bonds. The first-order valence-corrected chi connectivity index (χ1v) is 9.22. The summed E-state index contributed by atoms with van der Waals surface area (Å²) in [5.41, 5.74) is 4.15. The van der Waals surface area contributed by atoms with Crippen LogP contribution in [0.5, 0.6) is 5.75 Å². The Morgan fingerprint density at radius 2 is 1.93 bits per heavy atom. The Morgan fingerprint density at radius 3 is 2.68 bits per heavy atom. The lowest BCUT2D eigenvalue weighted by molar-refractivity contribution is -0.693. The predicted molar refractivity (Wildman–Crippen MR) is 110 cm³/mol. The van der Waals surface area contributed by atoms with E-state index in [4.69, 9.17) is 4.74 Å². The Bertz CT molecular complexity index is 994. The van der Waals surface area contributed by atoms with Crippen molar-refractivity contribution in [2.75, 3.05) is 7.11 Å². The summed E-state index contributed by atoms with van der Waals surface area (Å²) in [6.07, 6.45) is 4.16. The van der Waals surface area contributed by atoms with Gasteiger partial charge in [-0.05, 0) is 25.5 Å². The maximum atomic E-state index is 12.6. The average Bonchev–Trinajstić information content (AvgIpc) is 3.27. The maximum absolute atomic E-state index is 12.6. The number of benzene rings is 2. The Kier molecular flexibility index (Phi) is 6.05. The molecular formula is C22H24ClN3O2. The third-order valence-corrected chi connectivity index (χ3v) is 4.98. The van der Waals surface area contributed by atoms with Gasteiger partial charge in [0, 0.05) is 11.5 Å². The number of methoxy groups -OCH3 is 1. The quantitative estimate of drug-likeness (QED) is 0.377. The number of ether oxygens (including phenoxy) is 1. The van der Waals surface area contributed by atoms with Gasteiger partial charge in [0.2, 0.25) is 0 Å². The van der Waals surface area contributed by atoms with Crippen molar-refractivity contribution >= 4 is 24.0 Å². The number of imidazole rings is 1. The van der Waals surface area contributed by atoms with E-state index in [2.05, 4.69) is 46.9 Å². The monoisotopic (exact) mass is 397 g/mol. The predicted octanol–water partition coefficient (Wildman–Crippen LogP) is 3.22. The lowest BCUT2D eigenvalue weighted by Gasteiger charge is -2.10. The number of hydrogen-bond donors (Lipinski definition) is 0. The molecule has 0 unspecified atom stereocenters. The van der Waals surface area contributed by atoms with Crippen LogP contribution < -0.4 is 14.4 Å². The standard InChI is InChI=1S/C22H23N3O2.ClH/c1-16-9-11-17(12-10-16)19-14-24(22-8-5-13-25(19)22)15-21(26)23-18-6-3-4-7-20(18)27-2;/h3-4,6-7,9-12,14H,5,8,13,15H2,1-2H3;1H. The van der Waals surface area contributed by atoms with Gasteiger partial charge in [-0.15, -0.1) is 12.4 Å². The van der Waals surface area contributed by atoms with Gasteiger partial charge in [-0.25, -0.2) is 9.13 Å². The number of para-hydroxylation sites is 2. The molecule has 4 rings (SSSR count). The van der Waals surface area contributed by atoms with E-state index in [1.807, 2.05) is 22.8 Å². The highest BCUT2D eigenvalue weighted by molar-refractivity contribution is 5.85. The molecule has 0 atom stereocenters. The molecule has 2 aromatic carbocycles. The Morgan fingerprint density at radius 1 is 1.18 bits per heavy atom. The molecule has 1 aromatic heterocycles. The van der Waals surface area contributed by atoms with Crippen molar-refractivity contribution < 1.29 is 14.4 Å². The topological polar surface area (TPSA) is 53.5 Å². The Hall–Kier alpha value is -2.79. The molecule has 0 aliphatic carbocycles. The third kappa shape index (κ3) is 3.90.